The average molecular weight is 358 g/mol. The third kappa shape index (κ3) is 5.06. The number of thioether (sulfide) groups is 1. The zero-order valence-corrected chi connectivity index (χ0v) is 15.0. The van der Waals surface area contributed by atoms with Gasteiger partial charge in [0.1, 0.15) is 5.82 Å². The van der Waals surface area contributed by atoms with Gasteiger partial charge < -0.3 is 5.32 Å². The summed E-state index contributed by atoms with van der Waals surface area (Å²) in [5, 5.41) is 3.02. The zero-order chi connectivity index (χ0) is 17.5. The van der Waals surface area contributed by atoms with Crippen molar-refractivity contribution in [3.8, 4) is 0 Å². The fourth-order valence-electron chi connectivity index (χ4n) is 3.15. The maximum absolute atomic E-state index is 13.6. The molecule has 0 aromatic heterocycles. The molecule has 0 saturated carbocycles. The Morgan fingerprint density at radius 1 is 1.08 bits per heavy atom. The molecule has 1 unspecified atom stereocenters. The van der Waals surface area contributed by atoms with E-state index in [2.05, 4.69) is 22.3 Å². The van der Waals surface area contributed by atoms with Gasteiger partial charge in [0.05, 0.1) is 11.8 Å². The van der Waals surface area contributed by atoms with Crippen LogP contribution < -0.4 is 5.32 Å². The average Bonchev–Trinajstić information content (AvgIpc) is 3.16. The molecular weight excluding hydrogens is 335 g/mol. The molecule has 1 aliphatic rings. The van der Waals surface area contributed by atoms with Crippen molar-refractivity contribution in [2.75, 3.05) is 25.4 Å². The molecule has 0 bridgehead atoms. The van der Waals surface area contributed by atoms with E-state index < -0.39 is 0 Å². The molecule has 1 atom stereocenters. The van der Waals surface area contributed by atoms with Gasteiger partial charge in [-0.25, -0.2) is 4.39 Å². The number of nitrogens with one attached hydrogen (secondary N) is 1. The van der Waals surface area contributed by atoms with Crippen LogP contribution in [0.2, 0.25) is 0 Å². The van der Waals surface area contributed by atoms with Gasteiger partial charge in [-0.2, -0.15) is 0 Å². The quantitative estimate of drug-likeness (QED) is 0.763. The predicted octanol–water partition coefficient (Wildman–Crippen LogP) is 3.87. The number of amides is 1. The molecule has 5 heteroatoms. The molecule has 3 nitrogen and oxygen atoms in total. The minimum absolute atomic E-state index is 0.0617. The van der Waals surface area contributed by atoms with Crippen molar-refractivity contribution in [2.45, 2.75) is 23.8 Å². The van der Waals surface area contributed by atoms with Crippen LogP contribution in [0.5, 0.6) is 0 Å². The Labute approximate surface area is 152 Å². The van der Waals surface area contributed by atoms with Crippen molar-refractivity contribution >= 4 is 17.7 Å². The van der Waals surface area contributed by atoms with Crippen LogP contribution in [0, 0.1) is 5.82 Å². The van der Waals surface area contributed by atoms with Crippen LogP contribution in [-0.4, -0.2) is 36.2 Å². The van der Waals surface area contributed by atoms with E-state index in [1.54, 1.807) is 18.2 Å². The van der Waals surface area contributed by atoms with Crippen LogP contribution in [0.25, 0.3) is 0 Å². The van der Waals surface area contributed by atoms with Crippen LogP contribution in [0.3, 0.4) is 0 Å². The van der Waals surface area contributed by atoms with E-state index in [0.717, 1.165) is 13.1 Å². The molecule has 1 heterocycles. The summed E-state index contributed by atoms with van der Waals surface area (Å²) in [5.41, 5.74) is 1.23. The van der Waals surface area contributed by atoms with Crippen molar-refractivity contribution in [2.24, 2.45) is 0 Å². The fourth-order valence-corrected chi connectivity index (χ4v) is 3.92. The van der Waals surface area contributed by atoms with Gasteiger partial charge in [-0.05, 0) is 43.6 Å². The molecule has 1 saturated heterocycles. The van der Waals surface area contributed by atoms with Gasteiger partial charge in [-0.1, -0.05) is 42.5 Å². The lowest BCUT2D eigenvalue weighted by Crippen LogP contribution is -2.37. The minimum atomic E-state index is -0.278. The first kappa shape index (κ1) is 18.0. The van der Waals surface area contributed by atoms with Crippen LogP contribution in [0.1, 0.15) is 24.4 Å². The van der Waals surface area contributed by atoms with Gasteiger partial charge in [-0.15, -0.1) is 11.8 Å². The molecule has 132 valence electrons. The first-order valence-electron chi connectivity index (χ1n) is 8.67. The molecule has 2 aromatic carbocycles. The van der Waals surface area contributed by atoms with Crippen LogP contribution in [0.15, 0.2) is 59.5 Å². The van der Waals surface area contributed by atoms with Crippen molar-refractivity contribution in [3.63, 3.8) is 0 Å². The summed E-state index contributed by atoms with van der Waals surface area (Å²) in [6.45, 7) is 2.72. The highest BCUT2D eigenvalue weighted by atomic mass is 32.2. The maximum Gasteiger partial charge on any atom is 0.230 e. The Morgan fingerprint density at radius 3 is 2.48 bits per heavy atom. The predicted molar refractivity (Wildman–Crippen MR) is 100 cm³/mol. The number of rotatable bonds is 7. The standard InChI is InChI=1S/C20H23FN2OS/c21-17-10-4-5-11-19(17)25-15-20(24)22-14-18(23-12-6-7-13-23)16-8-2-1-3-9-16/h1-5,8-11,18H,6-7,12-15H2,(H,22,24). The Balaban J connectivity index is 1.55. The molecule has 2 aromatic rings. The highest BCUT2D eigenvalue weighted by Crippen LogP contribution is 2.25. The first-order chi connectivity index (χ1) is 12.2. The number of carbonyl (C=O) groups excluding carboxylic acids is 1. The number of benzene rings is 2. The van der Waals surface area contributed by atoms with Gasteiger partial charge in [0.25, 0.3) is 0 Å². The molecule has 1 fully saturated rings. The lowest BCUT2D eigenvalue weighted by molar-refractivity contribution is -0.118. The number of likely N-dealkylation sites (tertiary alicyclic amines) is 1. The van der Waals surface area contributed by atoms with E-state index in [1.165, 1.54) is 36.2 Å². The summed E-state index contributed by atoms with van der Waals surface area (Å²) in [6.07, 6.45) is 2.42. The SMILES string of the molecule is O=C(CSc1ccccc1F)NCC(c1ccccc1)N1CCCC1. The van der Waals surface area contributed by atoms with E-state index >= 15 is 0 Å². The van der Waals surface area contributed by atoms with E-state index in [1.807, 2.05) is 18.2 Å². The zero-order valence-electron chi connectivity index (χ0n) is 14.2. The maximum atomic E-state index is 13.6. The first-order valence-corrected chi connectivity index (χ1v) is 9.65. The summed E-state index contributed by atoms with van der Waals surface area (Å²) in [4.78, 5) is 15.1. The highest BCUT2D eigenvalue weighted by molar-refractivity contribution is 8.00. The molecule has 0 spiro atoms. The van der Waals surface area contributed by atoms with Crippen molar-refractivity contribution < 1.29 is 9.18 Å². The van der Waals surface area contributed by atoms with Crippen LogP contribution in [-0.2, 0) is 4.79 Å². The Hall–Kier alpha value is -1.85. The molecule has 25 heavy (non-hydrogen) atoms. The normalized spacial score (nSPS) is 15.9. The third-order valence-corrected chi connectivity index (χ3v) is 5.50. The van der Waals surface area contributed by atoms with Gasteiger partial charge in [0, 0.05) is 11.4 Å². The minimum Gasteiger partial charge on any atom is -0.353 e. The lowest BCUT2D eigenvalue weighted by Gasteiger charge is -2.28. The second kappa shape index (κ2) is 9.02. The Bertz CT molecular complexity index is 689. The van der Waals surface area contributed by atoms with Gasteiger partial charge in [0.15, 0.2) is 0 Å². The molecule has 0 radical (unpaired) electrons. The number of hydrogen-bond donors (Lipinski definition) is 1. The second-order valence-corrected chi connectivity index (χ2v) is 7.21. The van der Waals surface area contributed by atoms with E-state index in [9.17, 15) is 9.18 Å². The summed E-state index contributed by atoms with van der Waals surface area (Å²) >= 11 is 1.23. The molecule has 1 aliphatic heterocycles. The topological polar surface area (TPSA) is 32.3 Å². The highest BCUT2D eigenvalue weighted by Gasteiger charge is 2.23. The largest absolute Gasteiger partial charge is 0.353 e. The van der Waals surface area contributed by atoms with Crippen LogP contribution in [0.4, 0.5) is 4.39 Å². The van der Waals surface area contributed by atoms with E-state index in [-0.39, 0.29) is 23.5 Å². The summed E-state index contributed by atoms with van der Waals surface area (Å²) < 4.78 is 13.6. The van der Waals surface area contributed by atoms with E-state index in [4.69, 9.17) is 0 Å². The lowest BCUT2D eigenvalue weighted by atomic mass is 10.1. The monoisotopic (exact) mass is 358 g/mol. The Morgan fingerprint density at radius 2 is 1.76 bits per heavy atom. The van der Waals surface area contributed by atoms with Gasteiger partial charge in [-0.3, -0.25) is 9.69 Å². The van der Waals surface area contributed by atoms with Gasteiger partial charge >= 0.3 is 0 Å². The third-order valence-electron chi connectivity index (χ3n) is 4.45. The van der Waals surface area contributed by atoms with E-state index in [0.29, 0.717) is 11.4 Å². The van der Waals surface area contributed by atoms with Crippen molar-refractivity contribution in [3.05, 3.63) is 66.0 Å². The number of halogens is 1. The fraction of sp³-hybridized carbons (Fsp3) is 0.350. The number of carbonyl (C=O) groups is 1. The molecule has 3 rings (SSSR count). The number of hydrogen-bond acceptors (Lipinski definition) is 3. The summed E-state index contributed by atoms with van der Waals surface area (Å²) in [5.74, 6) is -0.115. The smallest absolute Gasteiger partial charge is 0.230 e. The summed E-state index contributed by atoms with van der Waals surface area (Å²) in [6, 6.07) is 17.1. The molecular formula is C20H23FN2OS. The second-order valence-electron chi connectivity index (χ2n) is 6.19. The number of nitrogens with zero attached hydrogens (tertiary/aromatic N) is 1. The molecule has 0 aliphatic carbocycles. The van der Waals surface area contributed by atoms with Gasteiger partial charge in [0.2, 0.25) is 5.91 Å². The Kier molecular flexibility index (Phi) is 6.48. The molecule has 1 N–H and O–H groups in total. The molecule has 1 amide bonds. The van der Waals surface area contributed by atoms with Crippen molar-refractivity contribution in [1.82, 2.24) is 10.2 Å². The summed E-state index contributed by atoms with van der Waals surface area (Å²) in [7, 11) is 0. The van der Waals surface area contributed by atoms with Crippen molar-refractivity contribution in [1.29, 1.82) is 0 Å². The van der Waals surface area contributed by atoms with Crippen LogP contribution >= 0.6 is 11.8 Å².